The SMILES string of the molecule is CC(C)(C)OC(=O)N1CCC2(CC1)NC(=O)N(c1ccccc1)C2=O. The number of nitrogens with zero attached hydrogens (tertiary/aromatic N) is 2. The summed E-state index contributed by atoms with van der Waals surface area (Å²) in [5.74, 6) is -0.257. The molecule has 0 radical (unpaired) electrons. The maximum absolute atomic E-state index is 12.9. The van der Waals surface area contributed by atoms with Gasteiger partial charge in [-0.1, -0.05) is 18.2 Å². The molecule has 0 bridgehead atoms. The van der Waals surface area contributed by atoms with Crippen LogP contribution in [0.1, 0.15) is 33.6 Å². The quantitative estimate of drug-likeness (QED) is 0.793. The molecule has 4 amide bonds. The molecule has 25 heavy (non-hydrogen) atoms. The van der Waals surface area contributed by atoms with E-state index in [1.165, 1.54) is 4.90 Å². The van der Waals surface area contributed by atoms with Crippen molar-refractivity contribution in [3.63, 3.8) is 0 Å². The van der Waals surface area contributed by atoms with Crippen LogP contribution in [0.2, 0.25) is 0 Å². The number of urea groups is 1. The Bertz CT molecular complexity index is 688. The van der Waals surface area contributed by atoms with Crippen LogP contribution in [0.5, 0.6) is 0 Å². The lowest BCUT2D eigenvalue weighted by molar-refractivity contribution is -0.123. The molecule has 0 aliphatic carbocycles. The molecule has 134 valence electrons. The molecule has 2 fully saturated rings. The number of carbonyl (C=O) groups is 3. The first-order chi connectivity index (χ1) is 11.7. The zero-order valence-electron chi connectivity index (χ0n) is 14.7. The summed E-state index contributed by atoms with van der Waals surface area (Å²) in [6.07, 6.45) is 0.361. The van der Waals surface area contributed by atoms with Crippen molar-refractivity contribution in [2.24, 2.45) is 0 Å². The van der Waals surface area contributed by atoms with Crippen LogP contribution in [0.4, 0.5) is 15.3 Å². The van der Waals surface area contributed by atoms with Crippen LogP contribution in [-0.2, 0) is 9.53 Å². The molecule has 1 aromatic carbocycles. The molecule has 0 atom stereocenters. The highest BCUT2D eigenvalue weighted by Gasteiger charge is 2.53. The van der Waals surface area contributed by atoms with Gasteiger partial charge in [-0.2, -0.15) is 0 Å². The summed E-state index contributed by atoms with van der Waals surface area (Å²) in [6, 6.07) is 8.44. The Morgan fingerprint density at radius 2 is 1.72 bits per heavy atom. The van der Waals surface area contributed by atoms with Gasteiger partial charge in [0, 0.05) is 13.1 Å². The highest BCUT2D eigenvalue weighted by atomic mass is 16.6. The van der Waals surface area contributed by atoms with Crippen molar-refractivity contribution in [2.45, 2.75) is 44.8 Å². The van der Waals surface area contributed by atoms with Crippen LogP contribution in [-0.4, -0.2) is 47.2 Å². The number of benzene rings is 1. The van der Waals surface area contributed by atoms with Crippen LogP contribution >= 0.6 is 0 Å². The molecule has 0 unspecified atom stereocenters. The molecular formula is C18H23N3O4. The lowest BCUT2D eigenvalue weighted by Crippen LogP contribution is -2.56. The second-order valence-electron chi connectivity index (χ2n) is 7.46. The number of rotatable bonds is 1. The topological polar surface area (TPSA) is 79.0 Å². The molecule has 2 saturated heterocycles. The average molecular weight is 345 g/mol. The first-order valence-corrected chi connectivity index (χ1v) is 8.42. The van der Waals surface area contributed by atoms with E-state index in [2.05, 4.69) is 5.32 Å². The first-order valence-electron chi connectivity index (χ1n) is 8.42. The lowest BCUT2D eigenvalue weighted by atomic mass is 9.87. The summed E-state index contributed by atoms with van der Waals surface area (Å²) >= 11 is 0. The van der Waals surface area contributed by atoms with E-state index < -0.39 is 17.2 Å². The summed E-state index contributed by atoms with van der Waals surface area (Å²) in [7, 11) is 0. The predicted octanol–water partition coefficient (Wildman–Crippen LogP) is 2.51. The number of para-hydroxylation sites is 1. The van der Waals surface area contributed by atoms with Gasteiger partial charge in [0.05, 0.1) is 5.69 Å². The molecule has 0 saturated carbocycles. The second-order valence-corrected chi connectivity index (χ2v) is 7.46. The van der Waals surface area contributed by atoms with Crippen molar-refractivity contribution in [1.82, 2.24) is 10.2 Å². The fourth-order valence-corrected chi connectivity index (χ4v) is 3.17. The largest absolute Gasteiger partial charge is 0.444 e. The van der Waals surface area contributed by atoms with Gasteiger partial charge in [0.25, 0.3) is 5.91 Å². The third-order valence-electron chi connectivity index (χ3n) is 4.44. The van der Waals surface area contributed by atoms with E-state index in [1.807, 2.05) is 26.8 Å². The fraction of sp³-hybridized carbons (Fsp3) is 0.500. The molecule has 1 N–H and O–H groups in total. The highest BCUT2D eigenvalue weighted by molar-refractivity contribution is 6.23. The molecule has 3 rings (SSSR count). The van der Waals surface area contributed by atoms with Crippen LogP contribution in [0, 0.1) is 0 Å². The summed E-state index contributed by atoms with van der Waals surface area (Å²) in [5.41, 5.74) is -0.949. The molecule has 7 heteroatoms. The summed E-state index contributed by atoms with van der Waals surface area (Å²) in [4.78, 5) is 40.2. The molecule has 2 heterocycles. The van der Waals surface area contributed by atoms with E-state index in [9.17, 15) is 14.4 Å². The Kier molecular flexibility index (Phi) is 4.18. The number of likely N-dealkylation sites (tertiary alicyclic amines) is 1. The Hall–Kier alpha value is -2.57. The number of hydrogen-bond donors (Lipinski definition) is 1. The number of amides is 4. The van der Waals surface area contributed by atoms with Crippen molar-refractivity contribution >= 4 is 23.7 Å². The van der Waals surface area contributed by atoms with E-state index >= 15 is 0 Å². The Balaban J connectivity index is 1.70. The zero-order chi connectivity index (χ0) is 18.2. The van der Waals surface area contributed by atoms with Gasteiger partial charge in [-0.15, -0.1) is 0 Å². The van der Waals surface area contributed by atoms with Gasteiger partial charge < -0.3 is 15.0 Å². The predicted molar refractivity (Wildman–Crippen MR) is 92.2 cm³/mol. The van der Waals surface area contributed by atoms with E-state index in [1.54, 1.807) is 29.2 Å². The smallest absolute Gasteiger partial charge is 0.410 e. The van der Waals surface area contributed by atoms with Gasteiger partial charge in [0.1, 0.15) is 11.1 Å². The van der Waals surface area contributed by atoms with E-state index in [4.69, 9.17) is 4.74 Å². The summed E-state index contributed by atoms with van der Waals surface area (Å²) in [6.45, 7) is 6.17. The summed E-state index contributed by atoms with van der Waals surface area (Å²) < 4.78 is 5.37. The van der Waals surface area contributed by atoms with Crippen LogP contribution in [0.15, 0.2) is 30.3 Å². The second kappa shape index (κ2) is 6.06. The molecule has 7 nitrogen and oxygen atoms in total. The first kappa shape index (κ1) is 17.3. The lowest BCUT2D eigenvalue weighted by Gasteiger charge is -2.37. The van der Waals surface area contributed by atoms with Crippen molar-refractivity contribution in [2.75, 3.05) is 18.0 Å². The van der Waals surface area contributed by atoms with Crippen LogP contribution in [0.25, 0.3) is 0 Å². The van der Waals surface area contributed by atoms with Crippen molar-refractivity contribution in [1.29, 1.82) is 0 Å². The maximum atomic E-state index is 12.9. The van der Waals surface area contributed by atoms with Gasteiger partial charge in [-0.05, 0) is 45.7 Å². The standard InChI is InChI=1S/C18H23N3O4/c1-17(2,3)25-16(24)20-11-9-18(10-12-20)14(22)21(15(23)19-18)13-7-5-4-6-8-13/h4-8H,9-12H2,1-3H3,(H,19,23). The van der Waals surface area contributed by atoms with Gasteiger partial charge >= 0.3 is 12.1 Å². The Morgan fingerprint density at radius 3 is 2.28 bits per heavy atom. The third kappa shape index (κ3) is 3.31. The van der Waals surface area contributed by atoms with E-state index in [0.29, 0.717) is 31.6 Å². The number of carbonyl (C=O) groups excluding carboxylic acids is 3. The van der Waals surface area contributed by atoms with E-state index in [-0.39, 0.29) is 12.0 Å². The maximum Gasteiger partial charge on any atom is 0.410 e. The van der Waals surface area contributed by atoms with Gasteiger partial charge in [-0.3, -0.25) is 4.79 Å². The third-order valence-corrected chi connectivity index (χ3v) is 4.44. The van der Waals surface area contributed by atoms with Crippen LogP contribution in [0.3, 0.4) is 0 Å². The van der Waals surface area contributed by atoms with Crippen LogP contribution < -0.4 is 10.2 Å². The molecule has 2 aliphatic rings. The number of piperidine rings is 1. The average Bonchev–Trinajstić information content (AvgIpc) is 2.77. The number of anilines is 1. The molecule has 0 aromatic heterocycles. The van der Waals surface area contributed by atoms with Gasteiger partial charge in [0.15, 0.2) is 0 Å². The number of ether oxygens (including phenoxy) is 1. The van der Waals surface area contributed by atoms with Crippen molar-refractivity contribution < 1.29 is 19.1 Å². The minimum atomic E-state index is -0.939. The molecule has 1 spiro atoms. The number of hydrogen-bond acceptors (Lipinski definition) is 4. The summed E-state index contributed by atoms with van der Waals surface area (Å²) in [5, 5.41) is 2.83. The number of imide groups is 1. The highest BCUT2D eigenvalue weighted by Crippen LogP contribution is 2.32. The monoisotopic (exact) mass is 345 g/mol. The van der Waals surface area contributed by atoms with Gasteiger partial charge in [0.2, 0.25) is 0 Å². The zero-order valence-corrected chi connectivity index (χ0v) is 14.7. The molecule has 1 aromatic rings. The minimum Gasteiger partial charge on any atom is -0.444 e. The van der Waals surface area contributed by atoms with Crippen molar-refractivity contribution in [3.8, 4) is 0 Å². The minimum absolute atomic E-state index is 0.257. The van der Waals surface area contributed by atoms with Gasteiger partial charge in [-0.25, -0.2) is 14.5 Å². The van der Waals surface area contributed by atoms with E-state index in [0.717, 1.165) is 0 Å². The van der Waals surface area contributed by atoms with Crippen molar-refractivity contribution in [3.05, 3.63) is 30.3 Å². The molecule has 2 aliphatic heterocycles. The normalized spacial score (nSPS) is 20.0. The Labute approximate surface area is 146 Å². The number of nitrogens with one attached hydrogen (secondary N) is 1. The molecular weight excluding hydrogens is 322 g/mol. The Morgan fingerprint density at radius 1 is 1.12 bits per heavy atom. The fourth-order valence-electron chi connectivity index (χ4n) is 3.17.